The van der Waals surface area contributed by atoms with Crippen LogP contribution in [-0.2, 0) is 4.79 Å². The number of rotatable bonds is 4. The van der Waals surface area contributed by atoms with Gasteiger partial charge in [0.1, 0.15) is 0 Å². The lowest BCUT2D eigenvalue weighted by Gasteiger charge is -2.36. The SMILES string of the molecule is CC(C)N1CCN(CC(=O)Nc2ccccc2Br)CC1. The smallest absolute Gasteiger partial charge is 0.238 e. The minimum atomic E-state index is 0.0508. The number of para-hydroxylation sites is 1. The van der Waals surface area contributed by atoms with Gasteiger partial charge in [-0.1, -0.05) is 12.1 Å². The second-order valence-corrected chi connectivity index (χ2v) is 6.29. The van der Waals surface area contributed by atoms with E-state index in [1.165, 1.54) is 0 Å². The first-order valence-corrected chi connectivity index (χ1v) is 7.86. The molecule has 5 heteroatoms. The van der Waals surface area contributed by atoms with Crippen molar-refractivity contribution < 1.29 is 4.79 Å². The number of nitrogens with zero attached hydrogens (tertiary/aromatic N) is 2. The second kappa shape index (κ2) is 7.20. The van der Waals surface area contributed by atoms with Gasteiger partial charge in [-0.3, -0.25) is 14.6 Å². The first-order valence-electron chi connectivity index (χ1n) is 7.07. The van der Waals surface area contributed by atoms with Gasteiger partial charge in [-0.2, -0.15) is 0 Å². The maximum absolute atomic E-state index is 12.1. The van der Waals surface area contributed by atoms with Crippen molar-refractivity contribution in [2.24, 2.45) is 0 Å². The van der Waals surface area contributed by atoms with E-state index in [1.54, 1.807) is 0 Å². The average molecular weight is 340 g/mol. The molecule has 2 rings (SSSR count). The number of benzene rings is 1. The Morgan fingerprint density at radius 1 is 1.25 bits per heavy atom. The van der Waals surface area contributed by atoms with Crippen LogP contribution in [0.2, 0.25) is 0 Å². The van der Waals surface area contributed by atoms with Gasteiger partial charge in [0.2, 0.25) is 5.91 Å². The zero-order valence-corrected chi connectivity index (χ0v) is 13.7. The summed E-state index contributed by atoms with van der Waals surface area (Å²) < 4.78 is 0.915. The molecule has 1 aliphatic rings. The summed E-state index contributed by atoms with van der Waals surface area (Å²) in [7, 11) is 0. The van der Waals surface area contributed by atoms with Crippen LogP contribution in [0.25, 0.3) is 0 Å². The first-order chi connectivity index (χ1) is 9.56. The van der Waals surface area contributed by atoms with Crippen molar-refractivity contribution in [2.75, 3.05) is 38.0 Å². The highest BCUT2D eigenvalue weighted by molar-refractivity contribution is 9.10. The Balaban J connectivity index is 1.80. The molecule has 1 aromatic rings. The molecule has 1 amide bonds. The third kappa shape index (κ3) is 4.30. The van der Waals surface area contributed by atoms with Crippen molar-refractivity contribution in [3.05, 3.63) is 28.7 Å². The summed E-state index contributed by atoms with van der Waals surface area (Å²) in [6.45, 7) is 8.90. The van der Waals surface area contributed by atoms with E-state index in [1.807, 2.05) is 24.3 Å². The predicted octanol–water partition coefficient (Wildman–Crippen LogP) is 2.41. The Hall–Kier alpha value is -0.910. The van der Waals surface area contributed by atoms with Gasteiger partial charge in [-0.05, 0) is 41.9 Å². The van der Waals surface area contributed by atoms with Gasteiger partial charge in [-0.15, -0.1) is 0 Å². The molecule has 1 heterocycles. The molecule has 0 aromatic heterocycles. The van der Waals surface area contributed by atoms with Gasteiger partial charge >= 0.3 is 0 Å². The minimum Gasteiger partial charge on any atom is -0.324 e. The van der Waals surface area contributed by atoms with Crippen molar-refractivity contribution in [3.63, 3.8) is 0 Å². The van der Waals surface area contributed by atoms with Gasteiger partial charge in [0, 0.05) is 36.7 Å². The summed E-state index contributed by atoms with van der Waals surface area (Å²) in [5.74, 6) is 0.0508. The van der Waals surface area contributed by atoms with Crippen LogP contribution in [0.4, 0.5) is 5.69 Å². The predicted molar refractivity (Wildman–Crippen MR) is 85.9 cm³/mol. The zero-order chi connectivity index (χ0) is 14.5. The molecule has 1 aromatic carbocycles. The van der Waals surface area contributed by atoms with Crippen molar-refractivity contribution in [3.8, 4) is 0 Å². The molecular weight excluding hydrogens is 318 g/mol. The molecule has 20 heavy (non-hydrogen) atoms. The van der Waals surface area contributed by atoms with Crippen molar-refractivity contribution in [1.82, 2.24) is 9.80 Å². The number of anilines is 1. The Morgan fingerprint density at radius 2 is 1.90 bits per heavy atom. The lowest BCUT2D eigenvalue weighted by Crippen LogP contribution is -2.50. The van der Waals surface area contributed by atoms with E-state index in [0.29, 0.717) is 12.6 Å². The second-order valence-electron chi connectivity index (χ2n) is 5.43. The van der Waals surface area contributed by atoms with Gasteiger partial charge < -0.3 is 5.32 Å². The fourth-order valence-electron chi connectivity index (χ4n) is 2.39. The topological polar surface area (TPSA) is 35.6 Å². The molecule has 0 saturated carbocycles. The van der Waals surface area contributed by atoms with Crippen molar-refractivity contribution in [2.45, 2.75) is 19.9 Å². The number of carbonyl (C=O) groups excluding carboxylic acids is 1. The molecule has 110 valence electrons. The standard InChI is InChI=1S/C15H22BrN3O/c1-12(2)19-9-7-18(8-10-19)11-15(20)17-14-6-4-3-5-13(14)16/h3-6,12H,7-11H2,1-2H3,(H,17,20). The van der Waals surface area contributed by atoms with Crippen LogP contribution in [0, 0.1) is 0 Å². The lowest BCUT2D eigenvalue weighted by atomic mass is 10.2. The largest absolute Gasteiger partial charge is 0.324 e. The molecule has 0 bridgehead atoms. The highest BCUT2D eigenvalue weighted by Gasteiger charge is 2.20. The maximum Gasteiger partial charge on any atom is 0.238 e. The summed E-state index contributed by atoms with van der Waals surface area (Å²) >= 11 is 3.44. The summed E-state index contributed by atoms with van der Waals surface area (Å²) in [6.07, 6.45) is 0. The van der Waals surface area contributed by atoms with E-state index in [9.17, 15) is 4.79 Å². The molecule has 1 fully saturated rings. The highest BCUT2D eigenvalue weighted by Crippen LogP contribution is 2.21. The fraction of sp³-hybridized carbons (Fsp3) is 0.533. The molecular formula is C15H22BrN3O. The molecule has 0 aliphatic carbocycles. The van der Waals surface area contributed by atoms with E-state index in [2.05, 4.69) is 44.9 Å². The third-order valence-electron chi connectivity index (χ3n) is 3.65. The average Bonchev–Trinajstić information content (AvgIpc) is 2.42. The van der Waals surface area contributed by atoms with Crippen molar-refractivity contribution >= 4 is 27.5 Å². The molecule has 1 N–H and O–H groups in total. The summed E-state index contributed by atoms with van der Waals surface area (Å²) in [5, 5.41) is 2.95. The van der Waals surface area contributed by atoms with Crippen LogP contribution < -0.4 is 5.32 Å². The van der Waals surface area contributed by atoms with Crippen molar-refractivity contribution in [1.29, 1.82) is 0 Å². The number of amides is 1. The van der Waals surface area contributed by atoms with Crippen LogP contribution in [-0.4, -0.2) is 54.5 Å². The molecule has 0 spiro atoms. The molecule has 4 nitrogen and oxygen atoms in total. The van der Waals surface area contributed by atoms with Crippen LogP contribution >= 0.6 is 15.9 Å². The molecule has 1 aliphatic heterocycles. The Kier molecular flexibility index (Phi) is 5.57. The fourth-order valence-corrected chi connectivity index (χ4v) is 2.78. The van der Waals surface area contributed by atoms with Crippen LogP contribution in [0.15, 0.2) is 28.7 Å². The lowest BCUT2D eigenvalue weighted by molar-refractivity contribution is -0.117. The van der Waals surface area contributed by atoms with E-state index < -0.39 is 0 Å². The number of carbonyl (C=O) groups is 1. The molecule has 0 radical (unpaired) electrons. The number of hydrogen-bond acceptors (Lipinski definition) is 3. The molecule has 1 saturated heterocycles. The van der Waals surface area contributed by atoms with E-state index in [-0.39, 0.29) is 5.91 Å². The number of nitrogens with one attached hydrogen (secondary N) is 1. The van der Waals surface area contributed by atoms with Gasteiger partial charge in [0.05, 0.1) is 12.2 Å². The van der Waals surface area contributed by atoms with Gasteiger partial charge in [0.25, 0.3) is 0 Å². The Morgan fingerprint density at radius 3 is 2.50 bits per heavy atom. The normalized spacial score (nSPS) is 17.4. The van der Waals surface area contributed by atoms with E-state index in [4.69, 9.17) is 0 Å². The highest BCUT2D eigenvalue weighted by atomic mass is 79.9. The number of halogens is 1. The van der Waals surface area contributed by atoms with Crippen LogP contribution in [0.3, 0.4) is 0 Å². The monoisotopic (exact) mass is 339 g/mol. The first kappa shape index (κ1) is 15.5. The zero-order valence-electron chi connectivity index (χ0n) is 12.1. The number of piperazine rings is 1. The van der Waals surface area contributed by atoms with Gasteiger partial charge in [0.15, 0.2) is 0 Å². The molecule has 0 atom stereocenters. The van der Waals surface area contributed by atoms with Crippen LogP contribution in [0.5, 0.6) is 0 Å². The summed E-state index contributed by atoms with van der Waals surface area (Å²) in [6, 6.07) is 8.27. The Bertz CT molecular complexity index is 456. The number of hydrogen-bond donors (Lipinski definition) is 1. The van der Waals surface area contributed by atoms with Crippen LogP contribution in [0.1, 0.15) is 13.8 Å². The Labute approximate surface area is 129 Å². The molecule has 0 unspecified atom stereocenters. The summed E-state index contributed by atoms with van der Waals surface area (Å²) in [5.41, 5.74) is 0.832. The third-order valence-corrected chi connectivity index (χ3v) is 4.34. The quantitative estimate of drug-likeness (QED) is 0.914. The van der Waals surface area contributed by atoms with E-state index in [0.717, 1.165) is 36.3 Å². The minimum absolute atomic E-state index is 0.0508. The van der Waals surface area contributed by atoms with E-state index >= 15 is 0 Å². The van der Waals surface area contributed by atoms with Gasteiger partial charge in [-0.25, -0.2) is 0 Å². The maximum atomic E-state index is 12.1. The summed E-state index contributed by atoms with van der Waals surface area (Å²) in [4.78, 5) is 16.7.